The number of sulfone groups is 1. The summed E-state index contributed by atoms with van der Waals surface area (Å²) in [4.78, 5) is 21.2. The van der Waals surface area contributed by atoms with Gasteiger partial charge in [-0.05, 0) is 93.3 Å². The fourth-order valence-electron chi connectivity index (χ4n) is 7.26. The molecule has 2 aromatic carbocycles. The quantitative estimate of drug-likeness (QED) is 0.0585. The smallest absolute Gasteiger partial charge is 0.335 e. The molecule has 54 heavy (non-hydrogen) atoms. The van der Waals surface area contributed by atoms with Gasteiger partial charge in [-0.3, -0.25) is 0 Å². The van der Waals surface area contributed by atoms with E-state index in [4.69, 9.17) is 5.11 Å². The van der Waals surface area contributed by atoms with E-state index in [1.807, 2.05) is 0 Å². The third-order valence-corrected chi connectivity index (χ3v) is 12.5. The minimum absolute atomic E-state index is 0.0266. The zero-order chi connectivity index (χ0) is 39.9. The summed E-state index contributed by atoms with van der Waals surface area (Å²) in [5, 5.41) is 19.4. The van der Waals surface area contributed by atoms with Crippen molar-refractivity contribution >= 4 is 21.8 Å². The summed E-state index contributed by atoms with van der Waals surface area (Å²) in [6, 6.07) is 9.32. The van der Waals surface area contributed by atoms with Crippen LogP contribution in [0.5, 0.6) is 0 Å². The van der Waals surface area contributed by atoms with Crippen LogP contribution in [0.2, 0.25) is 0 Å². The normalized spacial score (nSPS) is 11.6. The summed E-state index contributed by atoms with van der Waals surface area (Å²) in [7, 11) is -3.83. The average Bonchev–Trinajstić information content (AvgIpc) is 3.17. The number of benzene rings is 2. The molecule has 2 aromatic rings. The van der Waals surface area contributed by atoms with Crippen LogP contribution < -0.4 is 5.11 Å². The molecule has 308 valence electrons. The molecule has 1 N–H and O–H groups in total. The first-order valence-corrected chi connectivity index (χ1v) is 23.3. The highest BCUT2D eigenvalue weighted by Gasteiger charge is 2.26. The number of rotatable bonds is 32. The number of quaternary nitrogens is 1. The first-order chi connectivity index (χ1) is 26.1. The molecule has 0 heterocycles. The number of carboxylic acid groups (broad SMARTS) is 2. The van der Waals surface area contributed by atoms with Crippen molar-refractivity contribution in [3.05, 3.63) is 59.7 Å². The van der Waals surface area contributed by atoms with Gasteiger partial charge < -0.3 is 19.5 Å². The molecule has 2 rings (SSSR count). The highest BCUT2D eigenvalue weighted by atomic mass is 32.2. The fraction of sp³-hybridized carbons (Fsp3) is 0.696. The van der Waals surface area contributed by atoms with Crippen LogP contribution in [0.4, 0.5) is 0 Å². The van der Waals surface area contributed by atoms with Crippen molar-refractivity contribution in [2.45, 2.75) is 192 Å². The summed E-state index contributed by atoms with van der Waals surface area (Å²) in [6.07, 6.45) is 34.8. The minimum Gasteiger partial charge on any atom is -0.545 e. The van der Waals surface area contributed by atoms with E-state index in [0.29, 0.717) is 0 Å². The highest BCUT2D eigenvalue weighted by Crippen LogP contribution is 2.23. The number of unbranched alkanes of at least 4 members (excludes halogenated alkanes) is 20. The monoisotopic (exact) mass is 772 g/mol. The molecule has 0 aromatic heterocycles. The molecule has 0 aliphatic heterocycles. The molecule has 0 saturated carbocycles. The van der Waals surface area contributed by atoms with E-state index in [1.165, 1.54) is 209 Å². The second-order valence-electron chi connectivity index (χ2n) is 15.5. The average molecular weight is 772 g/mol. The molecule has 0 spiro atoms. The molecule has 0 aliphatic rings. The first-order valence-electron chi connectivity index (χ1n) is 21.8. The zero-order valence-electron chi connectivity index (χ0n) is 34.8. The van der Waals surface area contributed by atoms with E-state index in [1.54, 1.807) is 0 Å². The number of carboxylic acids is 2. The predicted molar refractivity (Wildman–Crippen MR) is 223 cm³/mol. The standard InChI is InChI=1S/C32H68N.C14H10O6S/c1-5-9-13-17-21-25-29-33(30-26-22-18-14-10-6-2,31-27-23-19-15-11-7-3)32-28-24-20-16-12-8-4;15-13(16)9-1-5-11(6-2-9)21(19,20)12-7-3-10(4-8-12)14(17)18/h5-32H2,1-4H3;1-8H,(H,15,16)(H,17,18)/q+1;/p-1. The van der Waals surface area contributed by atoms with Gasteiger partial charge >= 0.3 is 5.97 Å². The Morgan fingerprint density at radius 3 is 0.981 bits per heavy atom. The summed E-state index contributed by atoms with van der Waals surface area (Å²) < 4.78 is 26.0. The molecule has 0 aliphatic carbocycles. The van der Waals surface area contributed by atoms with Crippen molar-refractivity contribution < 1.29 is 32.7 Å². The van der Waals surface area contributed by atoms with Crippen molar-refractivity contribution in [3.63, 3.8) is 0 Å². The fourth-order valence-corrected chi connectivity index (χ4v) is 8.52. The summed E-state index contributed by atoms with van der Waals surface area (Å²) in [5.74, 6) is -2.55. The predicted octanol–water partition coefficient (Wildman–Crippen LogP) is 11.8. The lowest BCUT2D eigenvalue weighted by atomic mass is 10.0. The van der Waals surface area contributed by atoms with Gasteiger partial charge in [-0.2, -0.15) is 0 Å². The summed E-state index contributed by atoms with van der Waals surface area (Å²) >= 11 is 0. The Balaban J connectivity index is 0.000000591. The number of carbonyl (C=O) groups excluding carboxylic acids is 1. The summed E-state index contributed by atoms with van der Waals surface area (Å²) in [6.45, 7) is 15.3. The number of aromatic carboxylic acids is 2. The van der Waals surface area contributed by atoms with E-state index in [2.05, 4.69) is 27.7 Å². The summed E-state index contributed by atoms with van der Waals surface area (Å²) in [5.41, 5.74) is -0.156. The third-order valence-electron chi connectivity index (χ3n) is 10.8. The molecule has 0 amide bonds. The molecule has 0 fully saturated rings. The third kappa shape index (κ3) is 21.4. The van der Waals surface area contributed by atoms with Gasteiger partial charge in [0.25, 0.3) is 0 Å². The molecule has 0 bridgehead atoms. The second-order valence-corrected chi connectivity index (χ2v) is 17.4. The topological polar surface area (TPSA) is 112 Å². The zero-order valence-corrected chi connectivity index (χ0v) is 35.6. The Morgan fingerprint density at radius 1 is 0.463 bits per heavy atom. The number of carbonyl (C=O) groups is 2. The Bertz CT molecular complexity index is 1210. The maximum Gasteiger partial charge on any atom is 0.335 e. The number of nitrogens with zero attached hydrogens (tertiary/aromatic N) is 1. The Morgan fingerprint density at radius 2 is 0.722 bits per heavy atom. The van der Waals surface area contributed by atoms with E-state index < -0.39 is 21.8 Å². The van der Waals surface area contributed by atoms with Gasteiger partial charge in [0.2, 0.25) is 9.84 Å². The SMILES string of the molecule is CCCCCCCC[N+](CCCCCCCC)(CCCCCCCC)CCCCCCCC.O=C([O-])c1ccc(S(=O)(=O)c2ccc(C(=O)O)cc2)cc1. The molecule has 0 saturated heterocycles. The van der Waals surface area contributed by atoms with Crippen LogP contribution in [0.15, 0.2) is 58.3 Å². The van der Waals surface area contributed by atoms with Crippen LogP contribution in [-0.2, 0) is 9.84 Å². The van der Waals surface area contributed by atoms with E-state index in [0.717, 1.165) is 24.3 Å². The lowest BCUT2D eigenvalue weighted by Crippen LogP contribution is -2.50. The first kappa shape index (κ1) is 49.3. The maximum absolute atomic E-state index is 12.3. The van der Waals surface area contributed by atoms with Crippen molar-refractivity contribution in [1.29, 1.82) is 0 Å². The molecule has 0 atom stereocenters. The second kappa shape index (κ2) is 30.5. The van der Waals surface area contributed by atoms with Crippen LogP contribution in [-0.4, -0.2) is 56.1 Å². The Kier molecular flexibility index (Phi) is 27.9. The van der Waals surface area contributed by atoms with Crippen LogP contribution >= 0.6 is 0 Å². The number of hydrogen-bond acceptors (Lipinski definition) is 5. The molecule has 8 heteroatoms. The van der Waals surface area contributed by atoms with Gasteiger partial charge in [-0.25, -0.2) is 13.2 Å². The largest absolute Gasteiger partial charge is 0.545 e. The maximum atomic E-state index is 12.3. The molecule has 0 radical (unpaired) electrons. The minimum atomic E-state index is -3.83. The molecule has 7 nitrogen and oxygen atoms in total. The van der Waals surface area contributed by atoms with Crippen LogP contribution in [0, 0.1) is 0 Å². The van der Waals surface area contributed by atoms with Crippen molar-refractivity contribution in [3.8, 4) is 0 Å². The lowest BCUT2D eigenvalue weighted by Gasteiger charge is -2.40. The van der Waals surface area contributed by atoms with Gasteiger partial charge in [0.15, 0.2) is 0 Å². The van der Waals surface area contributed by atoms with E-state index >= 15 is 0 Å². The van der Waals surface area contributed by atoms with Crippen LogP contribution in [0.3, 0.4) is 0 Å². The molecule has 0 unspecified atom stereocenters. The van der Waals surface area contributed by atoms with Gasteiger partial charge in [0.05, 0.1) is 47.5 Å². The van der Waals surface area contributed by atoms with Crippen molar-refractivity contribution in [2.24, 2.45) is 0 Å². The van der Waals surface area contributed by atoms with Gasteiger partial charge in [-0.1, -0.05) is 143 Å². The van der Waals surface area contributed by atoms with Gasteiger partial charge in [0, 0.05) is 0 Å². The molecular weight excluding hydrogens is 695 g/mol. The highest BCUT2D eigenvalue weighted by molar-refractivity contribution is 7.91. The Labute approximate surface area is 330 Å². The lowest BCUT2D eigenvalue weighted by molar-refractivity contribution is -0.929. The van der Waals surface area contributed by atoms with Crippen LogP contribution in [0.1, 0.15) is 203 Å². The van der Waals surface area contributed by atoms with Crippen LogP contribution in [0.25, 0.3) is 0 Å². The van der Waals surface area contributed by atoms with Gasteiger partial charge in [0.1, 0.15) is 0 Å². The van der Waals surface area contributed by atoms with Crippen molar-refractivity contribution in [1.82, 2.24) is 0 Å². The van der Waals surface area contributed by atoms with Crippen molar-refractivity contribution in [2.75, 3.05) is 26.2 Å². The van der Waals surface area contributed by atoms with E-state index in [9.17, 15) is 23.1 Å². The van der Waals surface area contributed by atoms with Gasteiger partial charge in [-0.15, -0.1) is 0 Å². The number of hydrogen-bond donors (Lipinski definition) is 1. The Hall–Kier alpha value is -2.71. The van der Waals surface area contributed by atoms with E-state index in [-0.39, 0.29) is 20.9 Å². The molecular formula is C46H77NO6S.